The van der Waals surface area contributed by atoms with Gasteiger partial charge in [0.1, 0.15) is 5.58 Å². The summed E-state index contributed by atoms with van der Waals surface area (Å²) in [5.41, 5.74) is 4.75. The Labute approximate surface area is 105 Å². The molecule has 2 heteroatoms. The predicted octanol–water partition coefficient (Wildman–Crippen LogP) is 4.96. The molecule has 0 atom stereocenters. The van der Waals surface area contributed by atoms with Crippen LogP contribution in [-0.2, 0) is 0 Å². The van der Waals surface area contributed by atoms with Gasteiger partial charge in [0, 0.05) is 10.9 Å². The van der Waals surface area contributed by atoms with Crippen LogP contribution in [0.4, 0.5) is 5.69 Å². The maximum Gasteiger partial charge on any atom is 0.188 e. The van der Waals surface area contributed by atoms with E-state index in [1.807, 2.05) is 18.2 Å². The summed E-state index contributed by atoms with van der Waals surface area (Å²) >= 11 is 0. The zero-order chi connectivity index (χ0) is 12.5. The maximum atomic E-state index is 7.16. The fourth-order valence-electron chi connectivity index (χ4n) is 2.08. The molecule has 0 N–H and O–H groups in total. The molecule has 0 bridgehead atoms. The number of hydrogen-bond acceptors (Lipinski definition) is 1. The monoisotopic (exact) mass is 233 g/mol. The van der Waals surface area contributed by atoms with Crippen LogP contribution in [0.3, 0.4) is 0 Å². The molecule has 86 valence electrons. The molecular formula is C16H11NO. The predicted molar refractivity (Wildman–Crippen MR) is 72.6 cm³/mol. The molecule has 2 nitrogen and oxygen atoms in total. The average Bonchev–Trinajstić information content (AvgIpc) is 2.86. The normalized spacial score (nSPS) is 10.4. The number of rotatable bonds is 1. The van der Waals surface area contributed by atoms with Crippen molar-refractivity contribution in [3.63, 3.8) is 0 Å². The first-order chi connectivity index (χ1) is 8.78. The highest BCUT2D eigenvalue weighted by molar-refractivity contribution is 5.95. The minimum atomic E-state index is 0.638. The van der Waals surface area contributed by atoms with Crippen molar-refractivity contribution < 1.29 is 4.42 Å². The van der Waals surface area contributed by atoms with E-state index in [1.165, 1.54) is 5.56 Å². The fraction of sp³-hybridized carbons (Fsp3) is 0.0625. The van der Waals surface area contributed by atoms with Crippen LogP contribution in [0.5, 0.6) is 0 Å². The largest absolute Gasteiger partial charge is 0.464 e. The molecule has 0 aliphatic carbocycles. The van der Waals surface area contributed by atoms with Crippen LogP contribution in [0, 0.1) is 13.5 Å². The molecule has 0 aliphatic heterocycles. The molecule has 3 aromatic rings. The third kappa shape index (κ3) is 1.66. The van der Waals surface area contributed by atoms with Gasteiger partial charge in [-0.2, -0.15) is 0 Å². The Morgan fingerprint density at radius 3 is 2.56 bits per heavy atom. The fourth-order valence-corrected chi connectivity index (χ4v) is 2.08. The third-order valence-electron chi connectivity index (χ3n) is 3.03. The van der Waals surface area contributed by atoms with Crippen molar-refractivity contribution >= 4 is 16.7 Å². The van der Waals surface area contributed by atoms with Crippen molar-refractivity contribution in [2.75, 3.05) is 0 Å². The Morgan fingerprint density at radius 2 is 1.83 bits per heavy atom. The molecular weight excluding hydrogens is 222 g/mol. The molecule has 18 heavy (non-hydrogen) atoms. The second-order valence-corrected chi connectivity index (χ2v) is 4.31. The standard InChI is InChI=1S/C16H11NO/c1-11-3-5-12(6-4-11)15-10-14(17-2)9-13-7-8-18-16(13)15/h3-10H,1H3. The molecule has 0 amide bonds. The molecule has 2 aromatic carbocycles. The molecule has 0 saturated carbocycles. The molecule has 0 radical (unpaired) electrons. The van der Waals surface area contributed by atoms with Gasteiger partial charge in [0.05, 0.1) is 12.8 Å². The first kappa shape index (κ1) is 10.6. The topological polar surface area (TPSA) is 17.5 Å². The van der Waals surface area contributed by atoms with Crippen LogP contribution in [-0.4, -0.2) is 0 Å². The molecule has 0 saturated heterocycles. The SMILES string of the molecule is [C-]#[N+]c1cc(-c2ccc(C)cc2)c2occc2c1. The Morgan fingerprint density at radius 1 is 1.06 bits per heavy atom. The smallest absolute Gasteiger partial charge is 0.188 e. The van der Waals surface area contributed by atoms with E-state index < -0.39 is 0 Å². The van der Waals surface area contributed by atoms with E-state index in [2.05, 4.69) is 36.0 Å². The zero-order valence-electron chi connectivity index (χ0n) is 9.97. The zero-order valence-corrected chi connectivity index (χ0v) is 9.97. The van der Waals surface area contributed by atoms with Crippen LogP contribution in [0.15, 0.2) is 53.1 Å². The van der Waals surface area contributed by atoms with Crippen molar-refractivity contribution in [2.24, 2.45) is 0 Å². The van der Waals surface area contributed by atoms with Crippen LogP contribution in [0.1, 0.15) is 5.56 Å². The Bertz CT molecular complexity index is 745. The summed E-state index contributed by atoms with van der Waals surface area (Å²) in [5, 5.41) is 0.971. The number of aryl methyl sites for hydroxylation is 1. The summed E-state index contributed by atoms with van der Waals surface area (Å²) in [6, 6.07) is 13.9. The van der Waals surface area contributed by atoms with Gasteiger partial charge in [-0.05, 0) is 30.7 Å². The third-order valence-corrected chi connectivity index (χ3v) is 3.03. The van der Waals surface area contributed by atoms with E-state index in [-0.39, 0.29) is 0 Å². The van der Waals surface area contributed by atoms with Crippen LogP contribution in [0.25, 0.3) is 26.9 Å². The van der Waals surface area contributed by atoms with Crippen molar-refractivity contribution in [3.8, 4) is 11.1 Å². The molecule has 0 unspecified atom stereocenters. The first-order valence-corrected chi connectivity index (χ1v) is 5.74. The van der Waals surface area contributed by atoms with Gasteiger partial charge in [0.15, 0.2) is 5.69 Å². The van der Waals surface area contributed by atoms with Crippen molar-refractivity contribution in [2.45, 2.75) is 6.92 Å². The molecule has 0 fully saturated rings. The second-order valence-electron chi connectivity index (χ2n) is 4.31. The number of hydrogen-bond donors (Lipinski definition) is 0. The van der Waals surface area contributed by atoms with Crippen LogP contribution < -0.4 is 0 Å². The lowest BCUT2D eigenvalue weighted by Crippen LogP contribution is -1.79. The highest BCUT2D eigenvalue weighted by Gasteiger charge is 2.08. The summed E-state index contributed by atoms with van der Waals surface area (Å²) in [6.45, 7) is 9.22. The van der Waals surface area contributed by atoms with Gasteiger partial charge in [-0.1, -0.05) is 29.8 Å². The average molecular weight is 233 g/mol. The number of furan rings is 1. The van der Waals surface area contributed by atoms with Gasteiger partial charge in [-0.15, -0.1) is 0 Å². The van der Waals surface area contributed by atoms with Crippen molar-refractivity contribution in [1.82, 2.24) is 0 Å². The highest BCUT2D eigenvalue weighted by atomic mass is 16.3. The number of nitrogens with zero attached hydrogens (tertiary/aromatic N) is 1. The maximum absolute atomic E-state index is 7.16. The number of fused-ring (bicyclic) bond motifs is 1. The summed E-state index contributed by atoms with van der Waals surface area (Å²) < 4.78 is 5.53. The lowest BCUT2D eigenvalue weighted by molar-refractivity contribution is 0.617. The molecule has 1 aromatic heterocycles. The molecule has 3 rings (SSSR count). The Kier molecular flexibility index (Phi) is 2.39. The lowest BCUT2D eigenvalue weighted by atomic mass is 10.0. The van der Waals surface area contributed by atoms with Crippen molar-refractivity contribution in [3.05, 3.63) is 65.7 Å². The van der Waals surface area contributed by atoms with Crippen LogP contribution >= 0.6 is 0 Å². The van der Waals surface area contributed by atoms with Gasteiger partial charge in [-0.3, -0.25) is 0 Å². The van der Waals surface area contributed by atoms with E-state index >= 15 is 0 Å². The van der Waals surface area contributed by atoms with E-state index in [9.17, 15) is 0 Å². The van der Waals surface area contributed by atoms with Gasteiger partial charge < -0.3 is 4.42 Å². The summed E-state index contributed by atoms with van der Waals surface area (Å²) in [5.74, 6) is 0. The van der Waals surface area contributed by atoms with E-state index in [4.69, 9.17) is 11.0 Å². The summed E-state index contributed by atoms with van der Waals surface area (Å²) in [6.07, 6.45) is 1.66. The minimum Gasteiger partial charge on any atom is -0.464 e. The Balaban J connectivity index is 2.30. The van der Waals surface area contributed by atoms with Gasteiger partial charge in [0.2, 0.25) is 0 Å². The second kappa shape index (κ2) is 4.05. The molecule has 0 aliphatic rings. The molecule has 0 spiro atoms. The van der Waals surface area contributed by atoms with Gasteiger partial charge >= 0.3 is 0 Å². The van der Waals surface area contributed by atoms with Crippen molar-refractivity contribution in [1.29, 1.82) is 0 Å². The summed E-state index contributed by atoms with van der Waals surface area (Å²) in [4.78, 5) is 3.51. The number of benzene rings is 2. The lowest BCUT2D eigenvalue weighted by Gasteiger charge is -2.04. The van der Waals surface area contributed by atoms with Crippen LogP contribution in [0.2, 0.25) is 0 Å². The Hall–Kier alpha value is -2.53. The van der Waals surface area contributed by atoms with Gasteiger partial charge in [0.25, 0.3) is 0 Å². The van der Waals surface area contributed by atoms with Gasteiger partial charge in [-0.25, -0.2) is 4.85 Å². The minimum absolute atomic E-state index is 0.638. The van der Waals surface area contributed by atoms with E-state index in [1.54, 1.807) is 6.26 Å². The first-order valence-electron chi connectivity index (χ1n) is 5.74. The summed E-state index contributed by atoms with van der Waals surface area (Å²) in [7, 11) is 0. The highest BCUT2D eigenvalue weighted by Crippen LogP contribution is 2.33. The molecule has 1 heterocycles. The van der Waals surface area contributed by atoms with E-state index in [0.29, 0.717) is 5.69 Å². The quantitative estimate of drug-likeness (QED) is 0.543. The van der Waals surface area contributed by atoms with E-state index in [0.717, 1.165) is 22.1 Å².